The third-order valence-corrected chi connectivity index (χ3v) is 5.58. The van der Waals surface area contributed by atoms with Crippen LogP contribution in [-0.2, 0) is 16.0 Å². The van der Waals surface area contributed by atoms with E-state index >= 15 is 0 Å². The topological polar surface area (TPSA) is 92.3 Å². The SMILES string of the molecule is CCc1cccc(C)c1N(C(=O)CCl)C(C)COC.CSc1nc(NC(C)C)nc(NC(C)C)n1. The van der Waals surface area contributed by atoms with E-state index in [2.05, 4.69) is 66.3 Å². The summed E-state index contributed by atoms with van der Waals surface area (Å²) >= 11 is 7.27. The third-order valence-electron chi connectivity index (χ3n) is 4.81. The highest BCUT2D eigenvalue weighted by molar-refractivity contribution is 7.98. The Morgan fingerprint density at radius 1 is 1.09 bits per heavy atom. The molecule has 2 aromatic rings. The number of carbonyl (C=O) groups excluding carboxylic acids is 1. The summed E-state index contributed by atoms with van der Waals surface area (Å²) in [5.74, 6) is 1.14. The maximum Gasteiger partial charge on any atom is 0.242 e. The van der Waals surface area contributed by atoms with Crippen LogP contribution in [0.2, 0.25) is 0 Å². The summed E-state index contributed by atoms with van der Waals surface area (Å²) in [5.41, 5.74) is 3.21. The zero-order valence-electron chi connectivity index (χ0n) is 22.5. The van der Waals surface area contributed by atoms with Crippen LogP contribution in [0.15, 0.2) is 23.4 Å². The lowest BCUT2D eigenvalue weighted by atomic mass is 10.0. The average Bonchev–Trinajstić information content (AvgIpc) is 2.79. The van der Waals surface area contributed by atoms with Gasteiger partial charge in [0.25, 0.3) is 0 Å². The Morgan fingerprint density at radius 2 is 1.66 bits per heavy atom. The molecule has 0 saturated heterocycles. The normalized spacial score (nSPS) is 11.7. The Morgan fingerprint density at radius 3 is 2.09 bits per heavy atom. The molecule has 10 heteroatoms. The van der Waals surface area contributed by atoms with Gasteiger partial charge in [-0.15, -0.1) is 11.6 Å². The Hall–Kier alpha value is -2.10. The number of anilines is 3. The van der Waals surface area contributed by atoms with Gasteiger partial charge in [0.05, 0.1) is 18.3 Å². The van der Waals surface area contributed by atoms with Crippen molar-refractivity contribution in [1.82, 2.24) is 15.0 Å². The number of thioether (sulfide) groups is 1. The molecule has 0 bridgehead atoms. The van der Waals surface area contributed by atoms with Gasteiger partial charge in [-0.3, -0.25) is 4.79 Å². The maximum atomic E-state index is 12.2. The van der Waals surface area contributed by atoms with E-state index in [-0.39, 0.29) is 17.8 Å². The summed E-state index contributed by atoms with van der Waals surface area (Å²) in [6.07, 6.45) is 2.83. The van der Waals surface area contributed by atoms with Crippen molar-refractivity contribution in [3.63, 3.8) is 0 Å². The van der Waals surface area contributed by atoms with Crippen LogP contribution in [-0.4, -0.2) is 64.8 Å². The van der Waals surface area contributed by atoms with E-state index in [1.165, 1.54) is 11.8 Å². The molecule has 1 aromatic heterocycles. The minimum absolute atomic E-state index is 0.0223. The standard InChI is InChI=1S/C15H22ClNO2.C10H19N5S/c1-5-13-8-6-7-11(2)15(13)17(14(18)9-16)12(3)10-19-4;1-6(2)11-8-13-9(12-7(3)4)15-10(14-8)16-5/h6-8,12H,5,9-10H2,1-4H3;6-7H,1-5H3,(H2,11,12,13,14,15). The molecule has 0 aliphatic heterocycles. The largest absolute Gasteiger partial charge is 0.383 e. The lowest BCUT2D eigenvalue weighted by Gasteiger charge is -2.31. The predicted octanol–water partition coefficient (Wildman–Crippen LogP) is 5.40. The number of hydrogen-bond donors (Lipinski definition) is 2. The third kappa shape index (κ3) is 10.2. The number of alkyl halides is 1. The summed E-state index contributed by atoms with van der Waals surface area (Å²) in [6, 6.07) is 6.66. The van der Waals surface area contributed by atoms with Gasteiger partial charge in [-0.25, -0.2) is 0 Å². The van der Waals surface area contributed by atoms with E-state index in [1.54, 1.807) is 12.0 Å². The molecule has 196 valence electrons. The smallest absolute Gasteiger partial charge is 0.242 e. The number of nitrogens with one attached hydrogen (secondary N) is 2. The molecule has 1 amide bonds. The summed E-state index contributed by atoms with van der Waals surface area (Å²) in [5, 5.41) is 7.08. The monoisotopic (exact) mass is 524 g/mol. The molecule has 0 fully saturated rings. The van der Waals surface area contributed by atoms with Crippen molar-refractivity contribution in [3.05, 3.63) is 29.3 Å². The maximum absolute atomic E-state index is 12.2. The van der Waals surface area contributed by atoms with Gasteiger partial charge >= 0.3 is 0 Å². The predicted molar refractivity (Wildman–Crippen MR) is 149 cm³/mol. The highest BCUT2D eigenvalue weighted by Crippen LogP contribution is 2.28. The fraction of sp³-hybridized carbons (Fsp3) is 0.600. The van der Waals surface area contributed by atoms with Crippen LogP contribution < -0.4 is 15.5 Å². The second-order valence-electron chi connectivity index (χ2n) is 8.71. The fourth-order valence-electron chi connectivity index (χ4n) is 3.41. The number of hydrogen-bond acceptors (Lipinski definition) is 8. The van der Waals surface area contributed by atoms with Crippen molar-refractivity contribution in [2.75, 3.05) is 41.4 Å². The van der Waals surface area contributed by atoms with E-state index in [0.29, 0.717) is 30.6 Å². The minimum atomic E-state index is -0.0878. The number of aryl methyl sites for hydroxylation is 2. The van der Waals surface area contributed by atoms with E-state index in [4.69, 9.17) is 16.3 Å². The van der Waals surface area contributed by atoms with Crippen LogP contribution in [0, 0.1) is 6.92 Å². The Balaban J connectivity index is 0.000000355. The first-order valence-electron chi connectivity index (χ1n) is 11.9. The summed E-state index contributed by atoms with van der Waals surface area (Å²) in [4.78, 5) is 26.8. The van der Waals surface area contributed by atoms with Gasteiger partial charge in [0.1, 0.15) is 5.88 Å². The van der Waals surface area contributed by atoms with Crippen LogP contribution in [0.3, 0.4) is 0 Å². The van der Waals surface area contributed by atoms with Crippen LogP contribution in [0.5, 0.6) is 0 Å². The molecule has 1 heterocycles. The number of rotatable bonds is 11. The van der Waals surface area contributed by atoms with E-state index in [9.17, 15) is 4.79 Å². The van der Waals surface area contributed by atoms with Gasteiger partial charge in [-0.2, -0.15) is 15.0 Å². The van der Waals surface area contributed by atoms with Crippen molar-refractivity contribution in [2.24, 2.45) is 0 Å². The number of halogens is 1. The van der Waals surface area contributed by atoms with Crippen molar-refractivity contribution in [2.45, 2.75) is 78.2 Å². The summed E-state index contributed by atoms with van der Waals surface area (Å²) in [7, 11) is 1.64. The molecule has 1 atom stereocenters. The van der Waals surface area contributed by atoms with E-state index < -0.39 is 0 Å². The first kappa shape index (κ1) is 30.9. The van der Waals surface area contributed by atoms with Gasteiger partial charge in [0.2, 0.25) is 17.8 Å². The lowest BCUT2D eigenvalue weighted by molar-refractivity contribution is -0.116. The number of amides is 1. The Kier molecular flexibility index (Phi) is 14.0. The number of ether oxygens (including phenoxy) is 1. The van der Waals surface area contributed by atoms with Gasteiger partial charge in [-0.05, 0) is 65.3 Å². The lowest BCUT2D eigenvalue weighted by Crippen LogP contribution is -2.43. The molecule has 0 aliphatic rings. The van der Waals surface area contributed by atoms with Crippen molar-refractivity contribution in [1.29, 1.82) is 0 Å². The summed E-state index contributed by atoms with van der Waals surface area (Å²) < 4.78 is 5.18. The van der Waals surface area contributed by atoms with Crippen LogP contribution in [0.1, 0.15) is 52.7 Å². The number of carbonyl (C=O) groups is 1. The quantitative estimate of drug-likeness (QED) is 0.298. The van der Waals surface area contributed by atoms with Crippen molar-refractivity contribution >= 4 is 46.9 Å². The Labute approximate surface area is 220 Å². The zero-order valence-corrected chi connectivity index (χ0v) is 24.0. The molecule has 1 unspecified atom stereocenters. The first-order valence-corrected chi connectivity index (χ1v) is 13.6. The molecule has 0 aliphatic carbocycles. The molecule has 1 aromatic carbocycles. The van der Waals surface area contributed by atoms with Gasteiger partial charge < -0.3 is 20.3 Å². The number of para-hydroxylation sites is 1. The molecule has 35 heavy (non-hydrogen) atoms. The van der Waals surface area contributed by atoms with Gasteiger partial charge in [-0.1, -0.05) is 36.9 Å². The van der Waals surface area contributed by atoms with E-state index in [1.807, 2.05) is 32.2 Å². The molecule has 2 N–H and O–H groups in total. The molecule has 0 radical (unpaired) electrons. The van der Waals surface area contributed by atoms with Gasteiger partial charge in [0.15, 0.2) is 5.16 Å². The van der Waals surface area contributed by atoms with Crippen LogP contribution in [0.25, 0.3) is 0 Å². The molecule has 0 saturated carbocycles. The number of benzene rings is 1. The van der Waals surface area contributed by atoms with Crippen molar-refractivity contribution < 1.29 is 9.53 Å². The second-order valence-corrected chi connectivity index (χ2v) is 9.75. The highest BCUT2D eigenvalue weighted by atomic mass is 35.5. The number of aromatic nitrogens is 3. The van der Waals surface area contributed by atoms with Crippen LogP contribution in [0.4, 0.5) is 17.6 Å². The molecule has 8 nitrogen and oxygen atoms in total. The van der Waals surface area contributed by atoms with Crippen LogP contribution >= 0.6 is 23.4 Å². The zero-order chi connectivity index (χ0) is 26.5. The van der Waals surface area contributed by atoms with E-state index in [0.717, 1.165) is 28.4 Å². The minimum Gasteiger partial charge on any atom is -0.383 e. The molecular formula is C25H41ClN6O2S. The fourth-order valence-corrected chi connectivity index (χ4v) is 3.90. The number of methoxy groups -OCH3 is 1. The van der Waals surface area contributed by atoms with Gasteiger partial charge in [0, 0.05) is 19.2 Å². The van der Waals surface area contributed by atoms with Crippen molar-refractivity contribution in [3.8, 4) is 0 Å². The molecule has 2 rings (SSSR count). The Bertz CT molecular complexity index is 901. The molecular weight excluding hydrogens is 484 g/mol. The average molecular weight is 525 g/mol. The molecule has 0 spiro atoms. The summed E-state index contributed by atoms with van der Waals surface area (Å²) in [6.45, 7) is 14.8. The first-order chi connectivity index (χ1) is 16.6. The number of nitrogens with zero attached hydrogens (tertiary/aromatic N) is 4. The second kappa shape index (κ2) is 15.8. The highest BCUT2D eigenvalue weighted by Gasteiger charge is 2.24.